The molecule has 1 aliphatic carbocycles. The van der Waals surface area contributed by atoms with Crippen LogP contribution in [0.2, 0.25) is 0 Å². The van der Waals surface area contributed by atoms with Gasteiger partial charge in [0, 0.05) is 6.54 Å². The Morgan fingerprint density at radius 1 is 1.38 bits per heavy atom. The smallest absolute Gasteiger partial charge is 0.0806 e. The van der Waals surface area contributed by atoms with Gasteiger partial charge in [0.2, 0.25) is 0 Å². The summed E-state index contributed by atoms with van der Waals surface area (Å²) in [4.78, 5) is 0. The Morgan fingerprint density at radius 2 is 2.06 bits per heavy atom. The number of rotatable bonds is 6. The predicted molar refractivity (Wildman–Crippen MR) is 69.4 cm³/mol. The Hall–Kier alpha value is -0.0800. The van der Waals surface area contributed by atoms with E-state index in [1.165, 1.54) is 25.7 Å². The third-order valence-electron chi connectivity index (χ3n) is 4.20. The molecular weight excluding hydrogens is 198 g/mol. The van der Waals surface area contributed by atoms with E-state index in [0.717, 1.165) is 25.4 Å². The summed E-state index contributed by atoms with van der Waals surface area (Å²) in [5, 5.41) is 0. The van der Waals surface area contributed by atoms with Crippen molar-refractivity contribution in [3.05, 3.63) is 0 Å². The van der Waals surface area contributed by atoms with Crippen LogP contribution in [0.4, 0.5) is 0 Å². The molecule has 0 amide bonds. The predicted octanol–water partition coefficient (Wildman–Crippen LogP) is 3.35. The molecule has 2 atom stereocenters. The van der Waals surface area contributed by atoms with Crippen molar-refractivity contribution >= 4 is 0 Å². The molecule has 1 aliphatic rings. The largest absolute Gasteiger partial charge is 0.373 e. The molecule has 0 aromatic heterocycles. The third-order valence-corrected chi connectivity index (χ3v) is 4.20. The summed E-state index contributed by atoms with van der Waals surface area (Å²) in [6.07, 6.45) is 7.37. The average Bonchev–Trinajstić information content (AvgIpc) is 2.30. The molecule has 0 bridgehead atoms. The van der Waals surface area contributed by atoms with E-state index in [2.05, 4.69) is 20.8 Å². The van der Waals surface area contributed by atoms with Gasteiger partial charge in [0.25, 0.3) is 0 Å². The summed E-state index contributed by atoms with van der Waals surface area (Å²) >= 11 is 0. The van der Waals surface area contributed by atoms with E-state index < -0.39 is 0 Å². The lowest BCUT2D eigenvalue weighted by molar-refractivity contribution is -0.0874. The highest BCUT2D eigenvalue weighted by atomic mass is 16.5. The van der Waals surface area contributed by atoms with Crippen LogP contribution in [-0.4, -0.2) is 18.8 Å². The zero-order valence-corrected chi connectivity index (χ0v) is 11.3. The number of ether oxygens (including phenoxy) is 1. The standard InChI is InChI=1S/C14H29NO/c1-4-13(5-2)10-16-14(11-15)8-6-7-12(3)9-14/h12-13H,4-11,15H2,1-3H3. The molecule has 1 saturated carbocycles. The van der Waals surface area contributed by atoms with Crippen molar-refractivity contribution in [1.29, 1.82) is 0 Å². The molecule has 16 heavy (non-hydrogen) atoms. The normalized spacial score (nSPS) is 30.9. The third kappa shape index (κ3) is 3.74. The number of hydrogen-bond donors (Lipinski definition) is 1. The van der Waals surface area contributed by atoms with E-state index in [1.54, 1.807) is 0 Å². The second-order valence-corrected chi connectivity index (χ2v) is 5.58. The van der Waals surface area contributed by atoms with Crippen LogP contribution >= 0.6 is 0 Å². The van der Waals surface area contributed by atoms with Crippen LogP contribution in [0.25, 0.3) is 0 Å². The minimum atomic E-state index is 0.000255. The van der Waals surface area contributed by atoms with E-state index >= 15 is 0 Å². The summed E-state index contributed by atoms with van der Waals surface area (Å²) in [5.74, 6) is 1.49. The Bertz CT molecular complexity index is 191. The van der Waals surface area contributed by atoms with Gasteiger partial charge in [-0.15, -0.1) is 0 Å². The Kier molecular flexibility index (Phi) is 5.77. The Labute approximate surface area is 101 Å². The van der Waals surface area contributed by atoms with E-state index in [1.807, 2.05) is 0 Å². The minimum Gasteiger partial charge on any atom is -0.373 e. The van der Waals surface area contributed by atoms with Gasteiger partial charge in [0.05, 0.1) is 12.2 Å². The lowest BCUT2D eigenvalue weighted by Crippen LogP contribution is -2.45. The molecule has 2 heteroatoms. The molecule has 0 saturated heterocycles. The van der Waals surface area contributed by atoms with Crippen LogP contribution < -0.4 is 5.73 Å². The van der Waals surface area contributed by atoms with Crippen LogP contribution in [-0.2, 0) is 4.74 Å². The topological polar surface area (TPSA) is 35.2 Å². The van der Waals surface area contributed by atoms with Crippen molar-refractivity contribution in [3.8, 4) is 0 Å². The van der Waals surface area contributed by atoms with Gasteiger partial charge in [-0.3, -0.25) is 0 Å². The van der Waals surface area contributed by atoms with E-state index in [9.17, 15) is 0 Å². The van der Waals surface area contributed by atoms with Gasteiger partial charge in [0.15, 0.2) is 0 Å². The van der Waals surface area contributed by atoms with Crippen LogP contribution in [0.1, 0.15) is 59.3 Å². The minimum absolute atomic E-state index is 0.000255. The molecule has 0 aromatic carbocycles. The Balaban J connectivity index is 2.46. The van der Waals surface area contributed by atoms with Crippen molar-refractivity contribution in [1.82, 2.24) is 0 Å². The van der Waals surface area contributed by atoms with Crippen molar-refractivity contribution in [3.63, 3.8) is 0 Å². The molecule has 2 nitrogen and oxygen atoms in total. The lowest BCUT2D eigenvalue weighted by atomic mass is 9.78. The van der Waals surface area contributed by atoms with Gasteiger partial charge < -0.3 is 10.5 Å². The maximum atomic E-state index is 6.21. The molecule has 0 heterocycles. The number of hydrogen-bond acceptors (Lipinski definition) is 2. The quantitative estimate of drug-likeness (QED) is 0.755. The fourth-order valence-electron chi connectivity index (χ4n) is 2.81. The first-order valence-electron chi connectivity index (χ1n) is 6.99. The molecule has 2 unspecified atom stereocenters. The Morgan fingerprint density at radius 3 is 2.56 bits per heavy atom. The maximum absolute atomic E-state index is 6.21. The molecule has 0 aromatic rings. The first-order valence-corrected chi connectivity index (χ1v) is 6.99. The first kappa shape index (κ1) is 14.0. The molecule has 0 aliphatic heterocycles. The summed E-state index contributed by atoms with van der Waals surface area (Å²) in [6, 6.07) is 0. The molecule has 0 spiro atoms. The summed E-state index contributed by atoms with van der Waals surface area (Å²) in [7, 11) is 0. The molecular formula is C14H29NO. The fraction of sp³-hybridized carbons (Fsp3) is 1.00. The van der Waals surface area contributed by atoms with Crippen molar-refractivity contribution in [2.45, 2.75) is 64.9 Å². The SMILES string of the molecule is CCC(CC)COC1(CN)CCCC(C)C1. The highest BCUT2D eigenvalue weighted by molar-refractivity contribution is 4.88. The van der Waals surface area contributed by atoms with Crippen LogP contribution in [0.5, 0.6) is 0 Å². The summed E-state index contributed by atoms with van der Waals surface area (Å²) < 4.78 is 6.21. The summed E-state index contributed by atoms with van der Waals surface area (Å²) in [6.45, 7) is 8.41. The highest BCUT2D eigenvalue weighted by Crippen LogP contribution is 2.35. The summed E-state index contributed by atoms with van der Waals surface area (Å²) in [5.41, 5.74) is 5.94. The highest BCUT2D eigenvalue weighted by Gasteiger charge is 2.34. The lowest BCUT2D eigenvalue weighted by Gasteiger charge is -2.40. The van der Waals surface area contributed by atoms with Gasteiger partial charge >= 0.3 is 0 Å². The fourth-order valence-corrected chi connectivity index (χ4v) is 2.81. The molecule has 0 radical (unpaired) electrons. The van der Waals surface area contributed by atoms with Gasteiger partial charge in [-0.05, 0) is 24.7 Å². The molecule has 1 rings (SSSR count). The van der Waals surface area contributed by atoms with Crippen molar-refractivity contribution < 1.29 is 4.74 Å². The van der Waals surface area contributed by atoms with Crippen molar-refractivity contribution in [2.75, 3.05) is 13.2 Å². The van der Waals surface area contributed by atoms with Crippen LogP contribution in [0.3, 0.4) is 0 Å². The number of nitrogens with two attached hydrogens (primary N) is 1. The first-order chi connectivity index (χ1) is 7.65. The molecule has 96 valence electrons. The van der Waals surface area contributed by atoms with Crippen LogP contribution in [0, 0.1) is 11.8 Å². The van der Waals surface area contributed by atoms with Gasteiger partial charge in [-0.25, -0.2) is 0 Å². The van der Waals surface area contributed by atoms with Gasteiger partial charge in [0.1, 0.15) is 0 Å². The molecule has 1 fully saturated rings. The molecule has 2 N–H and O–H groups in total. The zero-order chi connectivity index (χ0) is 12.0. The second kappa shape index (κ2) is 6.61. The van der Waals surface area contributed by atoms with Crippen LogP contribution in [0.15, 0.2) is 0 Å². The monoisotopic (exact) mass is 227 g/mol. The zero-order valence-electron chi connectivity index (χ0n) is 11.3. The van der Waals surface area contributed by atoms with Gasteiger partial charge in [-0.2, -0.15) is 0 Å². The van der Waals surface area contributed by atoms with E-state index in [-0.39, 0.29) is 5.60 Å². The average molecular weight is 227 g/mol. The van der Waals surface area contributed by atoms with E-state index in [0.29, 0.717) is 12.5 Å². The van der Waals surface area contributed by atoms with E-state index in [4.69, 9.17) is 10.5 Å². The second-order valence-electron chi connectivity index (χ2n) is 5.58. The van der Waals surface area contributed by atoms with Crippen molar-refractivity contribution in [2.24, 2.45) is 17.6 Å². The van der Waals surface area contributed by atoms with Gasteiger partial charge in [-0.1, -0.05) is 46.5 Å². The maximum Gasteiger partial charge on any atom is 0.0806 e.